The van der Waals surface area contributed by atoms with E-state index < -0.39 is 11.8 Å². The minimum Gasteiger partial charge on any atom is -0.444 e. The Labute approximate surface area is 126 Å². The highest BCUT2D eigenvalue weighted by Gasteiger charge is 2.50. The summed E-state index contributed by atoms with van der Waals surface area (Å²) in [4.78, 5) is 16.2. The van der Waals surface area contributed by atoms with E-state index in [9.17, 15) is 9.18 Å². The monoisotopic (exact) mass is 298 g/mol. The summed E-state index contributed by atoms with van der Waals surface area (Å²) in [6, 6.07) is 0.180. The number of hydrogen-bond acceptors (Lipinski definition) is 3. The summed E-state index contributed by atoms with van der Waals surface area (Å²) in [5.41, 5.74) is -0.104. The molecule has 21 heavy (non-hydrogen) atoms. The smallest absolute Gasteiger partial charge is 0.410 e. The molecule has 0 N–H and O–H groups in total. The molecule has 0 aromatic rings. The summed E-state index contributed by atoms with van der Waals surface area (Å²) in [6.45, 7) is 9.25. The van der Waals surface area contributed by atoms with Crippen molar-refractivity contribution in [2.24, 2.45) is 5.41 Å². The molecule has 1 aliphatic carbocycles. The third-order valence-corrected chi connectivity index (χ3v) is 5.18. The van der Waals surface area contributed by atoms with Crippen LogP contribution in [0.5, 0.6) is 0 Å². The molecule has 0 aromatic heterocycles. The number of amides is 1. The molecule has 0 aromatic carbocycles. The fourth-order valence-corrected chi connectivity index (χ4v) is 3.71. The Balaban J connectivity index is 1.45. The van der Waals surface area contributed by atoms with Gasteiger partial charge in [0, 0.05) is 32.2 Å². The first-order valence-corrected chi connectivity index (χ1v) is 8.14. The maximum Gasteiger partial charge on any atom is 0.410 e. The van der Waals surface area contributed by atoms with E-state index in [2.05, 4.69) is 4.90 Å². The molecule has 1 amide bonds. The average molecular weight is 298 g/mol. The number of halogens is 1. The van der Waals surface area contributed by atoms with Crippen LogP contribution >= 0.6 is 0 Å². The molecule has 0 bridgehead atoms. The molecule has 1 saturated carbocycles. The largest absolute Gasteiger partial charge is 0.444 e. The number of alkyl halides is 1. The molecule has 120 valence electrons. The van der Waals surface area contributed by atoms with Gasteiger partial charge in [-0.15, -0.1) is 0 Å². The Morgan fingerprint density at radius 1 is 1.19 bits per heavy atom. The van der Waals surface area contributed by atoms with E-state index in [1.54, 1.807) is 0 Å². The van der Waals surface area contributed by atoms with Gasteiger partial charge in [-0.2, -0.15) is 0 Å². The van der Waals surface area contributed by atoms with Crippen LogP contribution in [-0.2, 0) is 4.74 Å². The number of hydrogen-bond donors (Lipinski definition) is 0. The Hall–Kier alpha value is -0.840. The van der Waals surface area contributed by atoms with Crippen molar-refractivity contribution in [2.75, 3.05) is 26.2 Å². The normalized spacial score (nSPS) is 32.5. The van der Waals surface area contributed by atoms with Gasteiger partial charge in [-0.25, -0.2) is 9.18 Å². The molecule has 2 heterocycles. The molecular weight excluding hydrogens is 271 g/mol. The fraction of sp³-hybridized carbons (Fsp3) is 0.938. The molecule has 3 fully saturated rings. The zero-order valence-corrected chi connectivity index (χ0v) is 13.4. The van der Waals surface area contributed by atoms with Crippen LogP contribution in [0.1, 0.15) is 46.5 Å². The Morgan fingerprint density at radius 2 is 1.81 bits per heavy atom. The second-order valence-corrected chi connectivity index (χ2v) is 8.03. The molecule has 2 unspecified atom stereocenters. The van der Waals surface area contributed by atoms with Crippen molar-refractivity contribution in [1.29, 1.82) is 0 Å². The molecule has 2 aliphatic heterocycles. The van der Waals surface area contributed by atoms with Crippen molar-refractivity contribution in [3.8, 4) is 0 Å². The van der Waals surface area contributed by atoms with Gasteiger partial charge in [0.15, 0.2) is 0 Å². The molecule has 5 heteroatoms. The van der Waals surface area contributed by atoms with E-state index in [1.165, 1.54) is 0 Å². The maximum atomic E-state index is 13.4. The van der Waals surface area contributed by atoms with Gasteiger partial charge in [0.1, 0.15) is 11.8 Å². The minimum absolute atomic E-state index is 0.180. The maximum absolute atomic E-state index is 13.4. The SMILES string of the molecule is CC(C)(C)OC(=O)N1CCC2(CC1)CN(C1CCC1F)C2. The summed E-state index contributed by atoms with van der Waals surface area (Å²) in [5.74, 6) is 0. The molecule has 1 spiro atoms. The van der Waals surface area contributed by atoms with E-state index in [4.69, 9.17) is 4.74 Å². The Morgan fingerprint density at radius 3 is 2.24 bits per heavy atom. The van der Waals surface area contributed by atoms with Gasteiger partial charge in [0.2, 0.25) is 0 Å². The number of rotatable bonds is 1. The predicted molar refractivity (Wildman–Crippen MR) is 79.0 cm³/mol. The van der Waals surface area contributed by atoms with E-state index in [0.29, 0.717) is 5.41 Å². The lowest BCUT2D eigenvalue weighted by atomic mass is 9.69. The fourth-order valence-electron chi connectivity index (χ4n) is 3.71. The van der Waals surface area contributed by atoms with Crippen molar-refractivity contribution in [3.63, 3.8) is 0 Å². The van der Waals surface area contributed by atoms with E-state index in [1.807, 2.05) is 25.7 Å². The minimum atomic E-state index is -0.607. The van der Waals surface area contributed by atoms with Crippen LogP contribution in [-0.4, -0.2) is 59.9 Å². The third-order valence-electron chi connectivity index (χ3n) is 5.18. The topological polar surface area (TPSA) is 32.8 Å². The Bertz CT molecular complexity index is 405. The van der Waals surface area contributed by atoms with Gasteiger partial charge < -0.3 is 9.64 Å². The van der Waals surface area contributed by atoms with Crippen molar-refractivity contribution in [2.45, 2.75) is 64.3 Å². The number of carbonyl (C=O) groups excluding carboxylic acids is 1. The van der Waals surface area contributed by atoms with Crippen LogP contribution in [0.25, 0.3) is 0 Å². The molecule has 3 aliphatic rings. The summed E-state index contributed by atoms with van der Waals surface area (Å²) >= 11 is 0. The van der Waals surface area contributed by atoms with Crippen LogP contribution in [0.2, 0.25) is 0 Å². The van der Waals surface area contributed by atoms with E-state index in [-0.39, 0.29) is 12.1 Å². The molecule has 4 nitrogen and oxygen atoms in total. The Kier molecular flexibility index (Phi) is 3.67. The van der Waals surface area contributed by atoms with Crippen LogP contribution in [0, 0.1) is 5.41 Å². The summed E-state index contributed by atoms with van der Waals surface area (Å²) < 4.78 is 18.8. The lowest BCUT2D eigenvalue weighted by Gasteiger charge is -2.58. The van der Waals surface area contributed by atoms with Crippen molar-refractivity contribution < 1.29 is 13.9 Å². The second kappa shape index (κ2) is 5.11. The van der Waals surface area contributed by atoms with Gasteiger partial charge in [0.25, 0.3) is 0 Å². The quantitative estimate of drug-likeness (QED) is 0.746. The van der Waals surface area contributed by atoms with E-state index >= 15 is 0 Å². The second-order valence-electron chi connectivity index (χ2n) is 8.03. The highest BCUT2D eigenvalue weighted by atomic mass is 19.1. The lowest BCUT2D eigenvalue weighted by molar-refractivity contribution is -0.107. The van der Waals surface area contributed by atoms with Crippen LogP contribution in [0.4, 0.5) is 9.18 Å². The highest BCUT2D eigenvalue weighted by Crippen LogP contribution is 2.45. The molecule has 2 saturated heterocycles. The number of piperidine rings is 1. The number of nitrogens with zero attached hydrogens (tertiary/aromatic N) is 2. The number of carbonyl (C=O) groups is 1. The first-order valence-electron chi connectivity index (χ1n) is 8.14. The molecular formula is C16H27FN2O2. The van der Waals surface area contributed by atoms with Crippen molar-refractivity contribution in [1.82, 2.24) is 9.80 Å². The van der Waals surface area contributed by atoms with Gasteiger partial charge in [0.05, 0.1) is 0 Å². The van der Waals surface area contributed by atoms with Crippen LogP contribution in [0.15, 0.2) is 0 Å². The van der Waals surface area contributed by atoms with Crippen molar-refractivity contribution in [3.05, 3.63) is 0 Å². The summed E-state index contributed by atoms with van der Waals surface area (Å²) in [7, 11) is 0. The van der Waals surface area contributed by atoms with Gasteiger partial charge >= 0.3 is 6.09 Å². The molecule has 3 rings (SSSR count). The summed E-state index contributed by atoms with van der Waals surface area (Å²) in [5, 5.41) is 0. The first-order chi connectivity index (χ1) is 9.78. The predicted octanol–water partition coefficient (Wildman–Crippen LogP) is 2.82. The summed E-state index contributed by atoms with van der Waals surface area (Å²) in [6.07, 6.45) is 2.99. The van der Waals surface area contributed by atoms with Crippen LogP contribution < -0.4 is 0 Å². The average Bonchev–Trinajstić information content (AvgIpc) is 2.34. The van der Waals surface area contributed by atoms with Crippen molar-refractivity contribution >= 4 is 6.09 Å². The number of likely N-dealkylation sites (tertiary alicyclic amines) is 2. The van der Waals surface area contributed by atoms with Gasteiger partial charge in [-0.05, 0) is 51.9 Å². The highest BCUT2D eigenvalue weighted by molar-refractivity contribution is 5.68. The first kappa shape index (κ1) is 15.1. The van der Waals surface area contributed by atoms with Crippen LogP contribution in [0.3, 0.4) is 0 Å². The number of ether oxygens (including phenoxy) is 1. The van der Waals surface area contributed by atoms with E-state index in [0.717, 1.165) is 51.9 Å². The van der Waals surface area contributed by atoms with Gasteiger partial charge in [-0.1, -0.05) is 0 Å². The third kappa shape index (κ3) is 3.03. The molecule has 2 atom stereocenters. The van der Waals surface area contributed by atoms with Gasteiger partial charge in [-0.3, -0.25) is 4.90 Å². The zero-order chi connectivity index (χ0) is 15.3. The zero-order valence-electron chi connectivity index (χ0n) is 13.4. The lowest BCUT2D eigenvalue weighted by Crippen LogP contribution is -2.66. The molecule has 0 radical (unpaired) electrons. The standard InChI is InChI=1S/C16H27FN2O2/c1-15(2,3)21-14(20)18-8-6-16(7-9-18)10-19(11-16)13-5-4-12(13)17/h12-13H,4-11H2,1-3H3.